The molecule has 1 aromatic carbocycles. The molecule has 1 saturated heterocycles. The summed E-state index contributed by atoms with van der Waals surface area (Å²) in [7, 11) is 0. The Labute approximate surface area is 96.2 Å². The van der Waals surface area contributed by atoms with E-state index in [9.17, 15) is 9.90 Å². The summed E-state index contributed by atoms with van der Waals surface area (Å²) in [6.07, 6.45) is -0.427. The third-order valence-corrected chi connectivity index (χ3v) is 3.31. The van der Waals surface area contributed by atoms with E-state index in [1.165, 1.54) is 0 Å². The van der Waals surface area contributed by atoms with Crippen LogP contribution >= 0.6 is 15.9 Å². The van der Waals surface area contributed by atoms with Gasteiger partial charge in [0.25, 0.3) is 0 Å². The lowest BCUT2D eigenvalue weighted by molar-refractivity contribution is -0.141. The van der Waals surface area contributed by atoms with Crippen LogP contribution < -0.4 is 0 Å². The van der Waals surface area contributed by atoms with E-state index in [-0.39, 0.29) is 0 Å². The lowest BCUT2D eigenvalue weighted by Crippen LogP contribution is -2.56. The van der Waals surface area contributed by atoms with Crippen molar-refractivity contribution in [2.45, 2.75) is 11.5 Å². The molecule has 80 valence electrons. The summed E-state index contributed by atoms with van der Waals surface area (Å²) in [6, 6.07) is 7.61. The van der Waals surface area contributed by atoms with Gasteiger partial charge in [0.2, 0.25) is 0 Å². The first-order valence-electron chi connectivity index (χ1n) is 4.66. The highest BCUT2D eigenvalue weighted by Crippen LogP contribution is 2.36. The van der Waals surface area contributed by atoms with Gasteiger partial charge in [-0.25, -0.2) is 0 Å². The maximum absolute atomic E-state index is 10.7. The summed E-state index contributed by atoms with van der Waals surface area (Å²) in [5.41, 5.74) is 0.383. The Hall–Kier alpha value is -0.710. The zero-order valence-electron chi connectivity index (χ0n) is 8.02. The largest absolute Gasteiger partial charge is 0.385 e. The number of aliphatic hydroxyl groups is 1. The number of carbonyl (C=O) groups is 1. The molecule has 15 heavy (non-hydrogen) atoms. The second kappa shape index (κ2) is 4.04. The molecular formula is C11H11BrO3. The summed E-state index contributed by atoms with van der Waals surface area (Å²) in [6.45, 7) is 0.784. The fourth-order valence-corrected chi connectivity index (χ4v) is 2.16. The number of aliphatic hydroxyl groups excluding tert-OH is 1. The van der Waals surface area contributed by atoms with Gasteiger partial charge in [0.15, 0.2) is 0 Å². The molecule has 2 rings (SSSR count). The Kier molecular flexibility index (Phi) is 2.91. The minimum Gasteiger partial charge on any atom is -0.385 e. The number of rotatable bonds is 3. The SMILES string of the molecule is O=CC(O)C1(c2cccc(Br)c2)COC1. The monoisotopic (exact) mass is 270 g/mol. The molecule has 3 nitrogen and oxygen atoms in total. The van der Waals surface area contributed by atoms with E-state index in [0.29, 0.717) is 19.5 Å². The standard InChI is InChI=1S/C11H11BrO3/c12-9-3-1-2-8(4-9)11(6-15-7-11)10(14)5-13/h1-5,10,14H,6-7H2. The molecule has 1 aliphatic rings. The summed E-state index contributed by atoms with van der Waals surface area (Å²) in [4.78, 5) is 10.7. The maximum Gasteiger partial charge on any atom is 0.149 e. The fourth-order valence-electron chi connectivity index (χ4n) is 1.76. The first-order chi connectivity index (χ1) is 7.19. The van der Waals surface area contributed by atoms with Gasteiger partial charge in [-0.15, -0.1) is 0 Å². The molecule has 1 heterocycles. The average molecular weight is 271 g/mol. The Bertz CT molecular complexity index is 374. The normalized spacial score (nSPS) is 20.4. The number of hydrogen-bond acceptors (Lipinski definition) is 3. The first kappa shape index (κ1) is 10.8. The Morgan fingerprint density at radius 3 is 2.73 bits per heavy atom. The quantitative estimate of drug-likeness (QED) is 0.842. The molecule has 0 amide bonds. The van der Waals surface area contributed by atoms with E-state index in [1.54, 1.807) is 0 Å². The summed E-state index contributed by atoms with van der Waals surface area (Å²) in [5.74, 6) is 0. The van der Waals surface area contributed by atoms with Crippen molar-refractivity contribution in [3.63, 3.8) is 0 Å². The highest BCUT2D eigenvalue weighted by atomic mass is 79.9. The molecular weight excluding hydrogens is 260 g/mol. The molecule has 1 aromatic rings. The highest BCUT2D eigenvalue weighted by Gasteiger charge is 2.46. The van der Waals surface area contributed by atoms with Crippen LogP contribution in [-0.2, 0) is 14.9 Å². The van der Waals surface area contributed by atoms with Crippen LogP contribution in [0.15, 0.2) is 28.7 Å². The van der Waals surface area contributed by atoms with E-state index in [4.69, 9.17) is 4.74 Å². The summed E-state index contributed by atoms with van der Waals surface area (Å²) in [5, 5.41) is 9.71. The Balaban J connectivity index is 2.38. The highest BCUT2D eigenvalue weighted by molar-refractivity contribution is 9.10. The Morgan fingerprint density at radius 1 is 1.53 bits per heavy atom. The molecule has 0 bridgehead atoms. The van der Waals surface area contributed by atoms with Crippen LogP contribution in [0.1, 0.15) is 5.56 Å². The zero-order chi connectivity index (χ0) is 10.9. The molecule has 0 aliphatic carbocycles. The van der Waals surface area contributed by atoms with Gasteiger partial charge in [0.1, 0.15) is 12.4 Å². The van der Waals surface area contributed by atoms with Crippen molar-refractivity contribution >= 4 is 22.2 Å². The van der Waals surface area contributed by atoms with Crippen LogP contribution in [0, 0.1) is 0 Å². The molecule has 0 spiro atoms. The molecule has 1 fully saturated rings. The zero-order valence-corrected chi connectivity index (χ0v) is 9.61. The van der Waals surface area contributed by atoms with Crippen LogP contribution in [-0.4, -0.2) is 30.7 Å². The van der Waals surface area contributed by atoms with E-state index in [0.717, 1.165) is 10.0 Å². The molecule has 0 aromatic heterocycles. The molecule has 1 atom stereocenters. The van der Waals surface area contributed by atoms with Crippen LogP contribution in [0.25, 0.3) is 0 Å². The van der Waals surface area contributed by atoms with Crippen molar-refractivity contribution in [3.8, 4) is 0 Å². The van der Waals surface area contributed by atoms with Crippen LogP contribution in [0.2, 0.25) is 0 Å². The average Bonchev–Trinajstić information content (AvgIpc) is 2.16. The summed E-state index contributed by atoms with van der Waals surface area (Å²) < 4.78 is 6.06. The lowest BCUT2D eigenvalue weighted by Gasteiger charge is -2.43. The van der Waals surface area contributed by atoms with E-state index < -0.39 is 11.5 Å². The fraction of sp³-hybridized carbons (Fsp3) is 0.364. The van der Waals surface area contributed by atoms with Gasteiger partial charge in [-0.2, -0.15) is 0 Å². The first-order valence-corrected chi connectivity index (χ1v) is 5.45. The van der Waals surface area contributed by atoms with E-state index in [2.05, 4.69) is 15.9 Å². The van der Waals surface area contributed by atoms with Crippen LogP contribution in [0.4, 0.5) is 0 Å². The lowest BCUT2D eigenvalue weighted by atomic mass is 9.74. The van der Waals surface area contributed by atoms with Gasteiger partial charge in [0.05, 0.1) is 18.6 Å². The van der Waals surface area contributed by atoms with Gasteiger partial charge in [0, 0.05) is 4.47 Å². The van der Waals surface area contributed by atoms with Gasteiger partial charge in [-0.1, -0.05) is 28.1 Å². The maximum atomic E-state index is 10.7. The van der Waals surface area contributed by atoms with Gasteiger partial charge >= 0.3 is 0 Å². The molecule has 1 unspecified atom stereocenters. The third-order valence-electron chi connectivity index (χ3n) is 2.81. The van der Waals surface area contributed by atoms with E-state index >= 15 is 0 Å². The van der Waals surface area contributed by atoms with Crippen LogP contribution in [0.3, 0.4) is 0 Å². The van der Waals surface area contributed by atoms with Crippen molar-refractivity contribution in [1.82, 2.24) is 0 Å². The molecule has 1 aliphatic heterocycles. The second-order valence-corrected chi connectivity index (χ2v) is 4.66. The van der Waals surface area contributed by atoms with Crippen LogP contribution in [0.5, 0.6) is 0 Å². The predicted octanol–water partition coefficient (Wildman–Crippen LogP) is 1.28. The van der Waals surface area contributed by atoms with Crippen molar-refractivity contribution in [3.05, 3.63) is 34.3 Å². The minimum atomic E-state index is -0.999. The third kappa shape index (κ3) is 1.73. The number of ether oxygens (including phenoxy) is 1. The molecule has 0 radical (unpaired) electrons. The number of halogens is 1. The molecule has 4 heteroatoms. The number of hydrogen-bond donors (Lipinski definition) is 1. The minimum absolute atomic E-state index is 0.392. The van der Waals surface area contributed by atoms with Crippen molar-refractivity contribution in [2.75, 3.05) is 13.2 Å². The second-order valence-electron chi connectivity index (χ2n) is 3.74. The smallest absolute Gasteiger partial charge is 0.149 e. The van der Waals surface area contributed by atoms with Crippen molar-refractivity contribution in [2.24, 2.45) is 0 Å². The van der Waals surface area contributed by atoms with Gasteiger partial charge in [-0.05, 0) is 17.7 Å². The topological polar surface area (TPSA) is 46.5 Å². The van der Waals surface area contributed by atoms with Crippen molar-refractivity contribution < 1.29 is 14.6 Å². The van der Waals surface area contributed by atoms with Gasteiger partial charge in [-0.3, -0.25) is 0 Å². The number of benzene rings is 1. The number of carbonyl (C=O) groups excluding carboxylic acids is 1. The molecule has 1 N–H and O–H groups in total. The van der Waals surface area contributed by atoms with E-state index in [1.807, 2.05) is 24.3 Å². The Morgan fingerprint density at radius 2 is 2.27 bits per heavy atom. The molecule has 0 saturated carbocycles. The predicted molar refractivity (Wildman–Crippen MR) is 58.7 cm³/mol. The van der Waals surface area contributed by atoms with Crippen molar-refractivity contribution in [1.29, 1.82) is 0 Å². The summed E-state index contributed by atoms with van der Waals surface area (Å²) >= 11 is 3.37. The number of aldehydes is 1. The van der Waals surface area contributed by atoms with Gasteiger partial charge < -0.3 is 14.6 Å².